The number of pyridine rings is 1. The Bertz CT molecular complexity index is 1080. The Morgan fingerprint density at radius 3 is 2.71 bits per heavy atom. The summed E-state index contributed by atoms with van der Waals surface area (Å²) >= 11 is 1.55. The molecule has 0 spiro atoms. The normalized spacial score (nSPS) is 11.1. The van der Waals surface area contributed by atoms with Gasteiger partial charge in [-0.3, -0.25) is 9.59 Å². The molecule has 3 rings (SSSR count). The molecule has 0 amide bonds. The van der Waals surface area contributed by atoms with E-state index in [9.17, 15) is 9.59 Å². The van der Waals surface area contributed by atoms with Gasteiger partial charge < -0.3 is 9.88 Å². The predicted octanol–water partition coefficient (Wildman–Crippen LogP) is 4.17. The first-order valence-electron chi connectivity index (χ1n) is 9.07. The number of aromatic nitrogens is 2. The highest BCUT2D eigenvalue weighted by Crippen LogP contribution is 2.25. The van der Waals surface area contributed by atoms with Crippen molar-refractivity contribution in [2.75, 3.05) is 19.0 Å². The van der Waals surface area contributed by atoms with E-state index in [1.54, 1.807) is 42.6 Å². The number of nitrogens with zero attached hydrogens (tertiary/aromatic N) is 2. The molecule has 5 nitrogen and oxygen atoms in total. The molecule has 6 heteroatoms. The third kappa shape index (κ3) is 3.97. The number of H-pyrrole nitrogens is 1. The molecule has 0 bridgehead atoms. The quantitative estimate of drug-likeness (QED) is 0.639. The van der Waals surface area contributed by atoms with Gasteiger partial charge in [0.05, 0.1) is 5.56 Å². The highest BCUT2D eigenvalue weighted by molar-refractivity contribution is 7.10. The van der Waals surface area contributed by atoms with Crippen LogP contribution in [0.25, 0.3) is 12.2 Å². The average molecular weight is 394 g/mol. The van der Waals surface area contributed by atoms with E-state index in [0.717, 1.165) is 21.8 Å². The summed E-state index contributed by atoms with van der Waals surface area (Å²) in [5.41, 5.74) is 3.71. The monoisotopic (exact) mass is 393 g/mol. The van der Waals surface area contributed by atoms with Crippen molar-refractivity contribution in [2.45, 2.75) is 20.3 Å². The molecule has 144 valence electrons. The lowest BCUT2D eigenvalue weighted by molar-refractivity contribution is 0.103. The number of hydrogen-bond donors (Lipinski definition) is 1. The average Bonchev–Trinajstić information content (AvgIpc) is 3.18. The van der Waals surface area contributed by atoms with E-state index in [0.29, 0.717) is 23.2 Å². The van der Waals surface area contributed by atoms with Crippen LogP contribution in [-0.2, 0) is 6.42 Å². The molecule has 0 aliphatic carbocycles. The zero-order valence-electron chi connectivity index (χ0n) is 16.4. The zero-order valence-corrected chi connectivity index (χ0v) is 17.3. The molecule has 0 saturated carbocycles. The Morgan fingerprint density at radius 2 is 2.07 bits per heavy atom. The van der Waals surface area contributed by atoms with Gasteiger partial charge in [0.25, 0.3) is 5.56 Å². The molecule has 2 heterocycles. The Labute approximate surface area is 168 Å². The second-order valence-electron chi connectivity index (χ2n) is 6.69. The predicted molar refractivity (Wildman–Crippen MR) is 116 cm³/mol. The first-order valence-corrected chi connectivity index (χ1v) is 9.95. The molecule has 3 aromatic rings. The van der Waals surface area contributed by atoms with Crippen LogP contribution in [0.1, 0.15) is 44.7 Å². The summed E-state index contributed by atoms with van der Waals surface area (Å²) in [5.74, 6) is -0.140. The smallest absolute Gasteiger partial charge is 0.272 e. The number of nitrogens with one attached hydrogen (secondary N) is 1. The van der Waals surface area contributed by atoms with Crippen molar-refractivity contribution < 1.29 is 4.79 Å². The van der Waals surface area contributed by atoms with E-state index in [1.165, 1.54) is 0 Å². The lowest BCUT2D eigenvalue weighted by Gasteiger charge is -2.20. The minimum Gasteiger partial charge on any atom is -0.373 e. The van der Waals surface area contributed by atoms with Gasteiger partial charge in [0.2, 0.25) is 0 Å². The standard InChI is InChI=1S/C22H23N3O2S/c1-5-17-14(2)24-22(27)20(25(3)4)19(17)21(26)16-8-6-7-15(13-16)9-10-18-23-11-12-28-18/h6-13H,5H2,1-4H3,(H,24,27)/b10-9-. The van der Waals surface area contributed by atoms with Gasteiger partial charge in [-0.2, -0.15) is 0 Å². The van der Waals surface area contributed by atoms with Gasteiger partial charge in [-0.25, -0.2) is 4.98 Å². The molecular formula is C22H23N3O2S. The van der Waals surface area contributed by atoms with Gasteiger partial charge in [0.1, 0.15) is 10.7 Å². The molecule has 0 aliphatic rings. The van der Waals surface area contributed by atoms with Crippen LogP contribution in [0.5, 0.6) is 0 Å². The second kappa shape index (κ2) is 8.35. The largest absolute Gasteiger partial charge is 0.373 e. The highest BCUT2D eigenvalue weighted by Gasteiger charge is 2.23. The zero-order chi connectivity index (χ0) is 20.3. The van der Waals surface area contributed by atoms with Crippen molar-refractivity contribution in [3.05, 3.63) is 79.2 Å². The molecule has 1 N–H and O–H groups in total. The molecule has 0 fully saturated rings. The summed E-state index contributed by atoms with van der Waals surface area (Å²) in [4.78, 5) is 34.8. The van der Waals surface area contributed by atoms with Crippen molar-refractivity contribution in [2.24, 2.45) is 0 Å². The first-order chi connectivity index (χ1) is 13.4. The molecule has 0 unspecified atom stereocenters. The number of ketones is 1. The summed E-state index contributed by atoms with van der Waals surface area (Å²) in [6, 6.07) is 7.44. The Balaban J connectivity index is 2.08. The van der Waals surface area contributed by atoms with Crippen molar-refractivity contribution in [3.63, 3.8) is 0 Å². The summed E-state index contributed by atoms with van der Waals surface area (Å²) in [5, 5.41) is 2.83. The summed E-state index contributed by atoms with van der Waals surface area (Å²) in [7, 11) is 3.56. The van der Waals surface area contributed by atoms with Crippen LogP contribution in [-0.4, -0.2) is 29.8 Å². The van der Waals surface area contributed by atoms with E-state index in [4.69, 9.17) is 0 Å². The number of hydrogen-bond acceptors (Lipinski definition) is 5. The number of rotatable bonds is 6. The maximum Gasteiger partial charge on any atom is 0.272 e. The number of aryl methyl sites for hydroxylation is 1. The van der Waals surface area contributed by atoms with Crippen LogP contribution in [0.15, 0.2) is 40.6 Å². The third-order valence-electron chi connectivity index (χ3n) is 4.55. The highest BCUT2D eigenvalue weighted by atomic mass is 32.1. The van der Waals surface area contributed by atoms with Crippen molar-refractivity contribution in [1.82, 2.24) is 9.97 Å². The molecule has 0 atom stereocenters. The Morgan fingerprint density at radius 1 is 1.29 bits per heavy atom. The Hall–Kier alpha value is -2.99. The fraction of sp³-hybridized carbons (Fsp3) is 0.227. The minimum atomic E-state index is -0.247. The third-order valence-corrected chi connectivity index (χ3v) is 5.29. The maximum atomic E-state index is 13.4. The maximum absolute atomic E-state index is 13.4. The van der Waals surface area contributed by atoms with Crippen LogP contribution in [0, 0.1) is 6.92 Å². The topological polar surface area (TPSA) is 66.1 Å². The number of benzene rings is 1. The number of carbonyl (C=O) groups is 1. The number of aromatic amines is 1. The summed E-state index contributed by atoms with van der Waals surface area (Å²) in [6.07, 6.45) is 6.28. The van der Waals surface area contributed by atoms with E-state index in [-0.39, 0.29) is 11.3 Å². The molecular weight excluding hydrogens is 370 g/mol. The summed E-state index contributed by atoms with van der Waals surface area (Å²) in [6.45, 7) is 3.83. The molecule has 2 aromatic heterocycles. The first kappa shape index (κ1) is 19.8. The van der Waals surface area contributed by atoms with E-state index < -0.39 is 0 Å². The van der Waals surface area contributed by atoms with Crippen molar-refractivity contribution >= 4 is 35.0 Å². The van der Waals surface area contributed by atoms with E-state index >= 15 is 0 Å². The Kier molecular flexibility index (Phi) is 5.90. The summed E-state index contributed by atoms with van der Waals surface area (Å²) < 4.78 is 0. The van der Waals surface area contributed by atoms with E-state index in [1.807, 2.05) is 49.6 Å². The van der Waals surface area contributed by atoms with Crippen molar-refractivity contribution in [1.29, 1.82) is 0 Å². The van der Waals surface area contributed by atoms with Gasteiger partial charge in [-0.15, -0.1) is 11.3 Å². The van der Waals surface area contributed by atoms with Crippen LogP contribution < -0.4 is 10.5 Å². The number of carbonyl (C=O) groups excluding carboxylic acids is 1. The molecule has 28 heavy (non-hydrogen) atoms. The van der Waals surface area contributed by atoms with Crippen LogP contribution in [0.3, 0.4) is 0 Å². The van der Waals surface area contributed by atoms with Gasteiger partial charge in [-0.05, 0) is 36.6 Å². The minimum absolute atomic E-state index is 0.140. The second-order valence-corrected chi connectivity index (χ2v) is 7.61. The van der Waals surface area contributed by atoms with Gasteiger partial charge in [0, 0.05) is 36.9 Å². The molecule has 1 aromatic carbocycles. The number of anilines is 1. The molecule has 0 aliphatic heterocycles. The van der Waals surface area contributed by atoms with Crippen molar-refractivity contribution in [3.8, 4) is 0 Å². The van der Waals surface area contributed by atoms with Crippen LogP contribution in [0.4, 0.5) is 5.69 Å². The lowest BCUT2D eigenvalue weighted by Crippen LogP contribution is -2.27. The molecule has 0 saturated heterocycles. The fourth-order valence-electron chi connectivity index (χ4n) is 3.27. The molecule has 0 radical (unpaired) electrons. The lowest BCUT2D eigenvalue weighted by atomic mass is 9.93. The SMILES string of the molecule is CCc1c(C)[nH]c(=O)c(N(C)C)c1C(=O)c1cccc(/C=C\c2nccs2)c1. The van der Waals surface area contributed by atoms with Gasteiger partial charge >= 0.3 is 0 Å². The van der Waals surface area contributed by atoms with Crippen LogP contribution in [0.2, 0.25) is 0 Å². The van der Waals surface area contributed by atoms with Gasteiger partial charge in [-0.1, -0.05) is 31.2 Å². The van der Waals surface area contributed by atoms with E-state index in [2.05, 4.69) is 9.97 Å². The van der Waals surface area contributed by atoms with Gasteiger partial charge in [0.15, 0.2) is 5.78 Å². The fourth-order valence-corrected chi connectivity index (χ4v) is 3.80. The van der Waals surface area contributed by atoms with Crippen LogP contribution >= 0.6 is 11.3 Å². The number of thiazole rings is 1.